The zero-order valence-electron chi connectivity index (χ0n) is 15.6. The largest absolute Gasteiger partial charge is 0.496 e. The fourth-order valence-corrected chi connectivity index (χ4v) is 3.26. The second-order valence-corrected chi connectivity index (χ2v) is 6.63. The van der Waals surface area contributed by atoms with E-state index in [9.17, 15) is 4.79 Å². The molecule has 1 aliphatic heterocycles. The number of nitrogens with one attached hydrogen (secondary N) is 1. The van der Waals surface area contributed by atoms with Crippen LogP contribution in [-0.4, -0.2) is 60.3 Å². The van der Waals surface area contributed by atoms with Gasteiger partial charge in [-0.05, 0) is 18.2 Å². The Hall–Kier alpha value is -2.74. The summed E-state index contributed by atoms with van der Waals surface area (Å²) in [5.74, 6) is 1.42. The summed E-state index contributed by atoms with van der Waals surface area (Å²) < 4.78 is 7.06. The maximum Gasteiger partial charge on any atom is 0.246 e. The summed E-state index contributed by atoms with van der Waals surface area (Å²) in [5, 5.41) is 8.06. The zero-order valence-corrected chi connectivity index (χ0v) is 16.4. The Morgan fingerprint density at radius 2 is 2.22 bits per heavy atom. The Balaban J connectivity index is 1.64. The Kier molecular flexibility index (Phi) is 5.85. The van der Waals surface area contributed by atoms with E-state index in [0.717, 1.165) is 17.0 Å². The summed E-state index contributed by atoms with van der Waals surface area (Å²) in [5.41, 5.74) is 1.74. The number of ether oxygens (including phenoxy) is 1. The third-order valence-electron chi connectivity index (χ3n) is 4.41. The third-order valence-corrected chi connectivity index (χ3v) is 4.65. The highest BCUT2D eigenvalue weighted by Crippen LogP contribution is 2.22. The molecule has 1 amide bonds. The first kappa shape index (κ1) is 19.0. The van der Waals surface area contributed by atoms with Crippen LogP contribution in [0, 0.1) is 0 Å². The molecule has 2 heterocycles. The van der Waals surface area contributed by atoms with Gasteiger partial charge in [0.25, 0.3) is 0 Å². The SMILES string of the molecule is CN=C(NCc1cc(Cl)ccc1OC)N1CCN(c2cnn(C)c2)C(=O)C1. The van der Waals surface area contributed by atoms with Gasteiger partial charge in [0.2, 0.25) is 5.91 Å². The Labute approximate surface area is 163 Å². The number of aromatic nitrogens is 2. The fraction of sp³-hybridized carbons (Fsp3) is 0.389. The van der Waals surface area contributed by atoms with Crippen LogP contribution in [0.2, 0.25) is 5.02 Å². The molecule has 1 aromatic heterocycles. The summed E-state index contributed by atoms with van der Waals surface area (Å²) in [7, 11) is 5.16. The second kappa shape index (κ2) is 8.30. The van der Waals surface area contributed by atoms with E-state index in [4.69, 9.17) is 16.3 Å². The average molecular weight is 391 g/mol. The molecule has 0 spiro atoms. The van der Waals surface area contributed by atoms with Crippen molar-refractivity contribution in [1.29, 1.82) is 0 Å². The molecule has 1 aromatic carbocycles. The second-order valence-electron chi connectivity index (χ2n) is 6.20. The predicted molar refractivity (Wildman–Crippen MR) is 105 cm³/mol. The van der Waals surface area contributed by atoms with Crippen molar-refractivity contribution >= 4 is 29.2 Å². The van der Waals surface area contributed by atoms with Gasteiger partial charge >= 0.3 is 0 Å². The van der Waals surface area contributed by atoms with E-state index in [1.165, 1.54) is 0 Å². The maximum absolute atomic E-state index is 12.6. The molecule has 8 nitrogen and oxygen atoms in total. The van der Waals surface area contributed by atoms with Crippen molar-refractivity contribution in [3.05, 3.63) is 41.2 Å². The molecular weight excluding hydrogens is 368 g/mol. The minimum Gasteiger partial charge on any atom is -0.496 e. The van der Waals surface area contributed by atoms with Crippen LogP contribution in [0.3, 0.4) is 0 Å². The number of anilines is 1. The molecule has 0 atom stereocenters. The standard InChI is InChI=1S/C18H23ClN6O2/c1-20-18(21-9-13-8-14(19)4-5-16(13)27-3)24-6-7-25(17(26)12-24)15-10-22-23(2)11-15/h4-5,8,10-11H,6-7,9,12H2,1-3H3,(H,20,21). The first-order chi connectivity index (χ1) is 13.0. The lowest BCUT2D eigenvalue weighted by atomic mass is 10.2. The number of nitrogens with zero attached hydrogens (tertiary/aromatic N) is 5. The van der Waals surface area contributed by atoms with Crippen molar-refractivity contribution in [2.45, 2.75) is 6.54 Å². The molecule has 0 aliphatic carbocycles. The summed E-state index contributed by atoms with van der Waals surface area (Å²) in [6.07, 6.45) is 3.54. The molecule has 27 heavy (non-hydrogen) atoms. The first-order valence-electron chi connectivity index (χ1n) is 8.59. The quantitative estimate of drug-likeness (QED) is 0.632. The monoisotopic (exact) mass is 390 g/mol. The van der Waals surface area contributed by atoms with Crippen molar-refractivity contribution in [3.63, 3.8) is 0 Å². The predicted octanol–water partition coefficient (Wildman–Crippen LogP) is 1.51. The number of hydrogen-bond donors (Lipinski definition) is 1. The number of hydrogen-bond acceptors (Lipinski definition) is 4. The summed E-state index contributed by atoms with van der Waals surface area (Å²) in [6, 6.07) is 5.47. The normalized spacial score (nSPS) is 15.3. The number of guanidine groups is 1. The Morgan fingerprint density at radius 1 is 1.41 bits per heavy atom. The van der Waals surface area contributed by atoms with Gasteiger partial charge in [-0.2, -0.15) is 5.10 Å². The number of carbonyl (C=O) groups excluding carboxylic acids is 1. The number of halogens is 1. The molecule has 1 fully saturated rings. The number of piperazine rings is 1. The smallest absolute Gasteiger partial charge is 0.246 e. The van der Waals surface area contributed by atoms with Crippen LogP contribution in [0.15, 0.2) is 35.6 Å². The van der Waals surface area contributed by atoms with Crippen molar-refractivity contribution in [2.75, 3.05) is 38.7 Å². The van der Waals surface area contributed by atoms with Gasteiger partial charge in [-0.25, -0.2) is 0 Å². The fourth-order valence-electron chi connectivity index (χ4n) is 3.07. The van der Waals surface area contributed by atoms with Crippen LogP contribution in [0.5, 0.6) is 5.75 Å². The molecular formula is C18H23ClN6O2. The number of methoxy groups -OCH3 is 1. The van der Waals surface area contributed by atoms with Gasteiger partial charge in [0, 0.05) is 50.5 Å². The van der Waals surface area contributed by atoms with Crippen LogP contribution >= 0.6 is 11.6 Å². The molecule has 0 saturated carbocycles. The zero-order chi connectivity index (χ0) is 19.4. The van der Waals surface area contributed by atoms with Gasteiger partial charge in [-0.1, -0.05) is 11.6 Å². The highest BCUT2D eigenvalue weighted by atomic mass is 35.5. The molecule has 2 aromatic rings. The van der Waals surface area contributed by atoms with Crippen molar-refractivity contribution in [2.24, 2.45) is 12.0 Å². The molecule has 3 rings (SSSR count). The summed E-state index contributed by atoms with van der Waals surface area (Å²) in [4.78, 5) is 20.6. The van der Waals surface area contributed by atoms with Gasteiger partial charge in [0.05, 0.1) is 19.0 Å². The Morgan fingerprint density at radius 3 is 2.85 bits per heavy atom. The number of aryl methyl sites for hydroxylation is 1. The van der Waals surface area contributed by atoms with Gasteiger partial charge in [0.15, 0.2) is 5.96 Å². The molecule has 9 heteroatoms. The number of amides is 1. The van der Waals surface area contributed by atoms with Gasteiger partial charge < -0.3 is 19.9 Å². The Bertz CT molecular complexity index is 850. The van der Waals surface area contributed by atoms with E-state index < -0.39 is 0 Å². The minimum absolute atomic E-state index is 0.0116. The van der Waals surface area contributed by atoms with Crippen molar-refractivity contribution in [3.8, 4) is 5.75 Å². The lowest BCUT2D eigenvalue weighted by Crippen LogP contribution is -2.55. The number of benzene rings is 1. The molecule has 0 bridgehead atoms. The topological polar surface area (TPSA) is 75.0 Å². The van der Waals surface area contributed by atoms with E-state index >= 15 is 0 Å². The van der Waals surface area contributed by atoms with Gasteiger partial charge in [-0.15, -0.1) is 0 Å². The van der Waals surface area contributed by atoms with Gasteiger partial charge in [0.1, 0.15) is 12.3 Å². The lowest BCUT2D eigenvalue weighted by molar-refractivity contribution is -0.120. The third kappa shape index (κ3) is 4.33. The lowest BCUT2D eigenvalue weighted by Gasteiger charge is -2.35. The van der Waals surface area contributed by atoms with Gasteiger partial charge in [-0.3, -0.25) is 14.5 Å². The molecule has 144 valence electrons. The van der Waals surface area contributed by atoms with Crippen molar-refractivity contribution < 1.29 is 9.53 Å². The van der Waals surface area contributed by atoms with E-state index in [-0.39, 0.29) is 12.5 Å². The first-order valence-corrected chi connectivity index (χ1v) is 8.96. The molecule has 0 unspecified atom stereocenters. The van der Waals surface area contributed by atoms with Crippen LogP contribution < -0.4 is 15.0 Å². The summed E-state index contributed by atoms with van der Waals surface area (Å²) in [6.45, 7) is 1.99. The van der Waals surface area contributed by atoms with E-state index in [0.29, 0.717) is 30.6 Å². The molecule has 1 saturated heterocycles. The summed E-state index contributed by atoms with van der Waals surface area (Å²) >= 11 is 6.09. The van der Waals surface area contributed by atoms with Crippen molar-refractivity contribution in [1.82, 2.24) is 20.0 Å². The van der Waals surface area contributed by atoms with Crippen LogP contribution in [0.4, 0.5) is 5.69 Å². The highest BCUT2D eigenvalue weighted by Gasteiger charge is 2.27. The molecule has 1 aliphatic rings. The molecule has 1 N–H and O–H groups in total. The maximum atomic E-state index is 12.6. The highest BCUT2D eigenvalue weighted by molar-refractivity contribution is 6.30. The van der Waals surface area contributed by atoms with Crippen LogP contribution in [0.25, 0.3) is 0 Å². The average Bonchev–Trinajstić information content (AvgIpc) is 3.08. The van der Waals surface area contributed by atoms with E-state index in [1.54, 1.807) is 36.0 Å². The minimum atomic E-state index is 0.0116. The number of aliphatic imine (C=N–C) groups is 1. The number of carbonyl (C=O) groups is 1. The molecule has 0 radical (unpaired) electrons. The van der Waals surface area contributed by atoms with Crippen LogP contribution in [0.1, 0.15) is 5.56 Å². The number of rotatable bonds is 4. The van der Waals surface area contributed by atoms with E-state index in [1.807, 2.05) is 30.3 Å². The van der Waals surface area contributed by atoms with Crippen LogP contribution in [-0.2, 0) is 18.4 Å². The van der Waals surface area contributed by atoms with E-state index in [2.05, 4.69) is 15.4 Å².